The molecule has 79 heavy (non-hydrogen) atoms. The molecule has 0 aliphatic carbocycles. The molecule has 2 atom stereocenters. The standard InChI is InChI=1S/C73H139NO5/c1-3-5-7-9-11-13-15-16-17-18-19-20-21-24-27-30-33-36-39-42-46-49-53-57-61-65-71(76)70(69-75)74-72(77)66-62-58-54-50-47-43-40-37-34-31-28-25-22-23-26-29-32-35-38-41-44-48-52-56-60-64-68-79-73(78)67-63-59-55-51-45-14-12-10-8-6-4-2/h10,12,22,25,61,65,70-71,75-76H,3-9,11,13-21,23-24,26-60,62-64,66-69H2,1-2H3,(H,74,77)/b12-10-,25-22-,65-61+. The van der Waals surface area contributed by atoms with E-state index in [2.05, 4.69) is 43.5 Å². The number of carbonyl (C=O) groups excluding carboxylic acids is 2. The van der Waals surface area contributed by atoms with Gasteiger partial charge in [-0.05, 0) is 77.0 Å². The van der Waals surface area contributed by atoms with Crippen molar-refractivity contribution < 1.29 is 24.5 Å². The van der Waals surface area contributed by atoms with Gasteiger partial charge in [-0.25, -0.2) is 0 Å². The van der Waals surface area contributed by atoms with Crippen LogP contribution in [0.1, 0.15) is 393 Å². The first kappa shape index (κ1) is 77.1. The monoisotopic (exact) mass is 1110 g/mol. The zero-order chi connectivity index (χ0) is 57.1. The maximum absolute atomic E-state index is 12.5. The molecule has 0 bridgehead atoms. The first-order chi connectivity index (χ1) is 39.0. The molecule has 0 radical (unpaired) electrons. The average molecular weight is 1110 g/mol. The average Bonchev–Trinajstić information content (AvgIpc) is 3.45. The lowest BCUT2D eigenvalue weighted by molar-refractivity contribution is -0.143. The minimum absolute atomic E-state index is 0.00319. The maximum atomic E-state index is 12.5. The van der Waals surface area contributed by atoms with Crippen LogP contribution in [-0.4, -0.2) is 47.4 Å². The van der Waals surface area contributed by atoms with Crippen LogP contribution in [0.4, 0.5) is 0 Å². The van der Waals surface area contributed by atoms with E-state index >= 15 is 0 Å². The summed E-state index contributed by atoms with van der Waals surface area (Å²) in [7, 11) is 0. The number of aliphatic hydroxyl groups excluding tert-OH is 2. The van der Waals surface area contributed by atoms with Gasteiger partial charge >= 0.3 is 5.97 Å². The van der Waals surface area contributed by atoms with Crippen LogP contribution in [0.25, 0.3) is 0 Å². The number of carbonyl (C=O) groups is 2. The molecule has 6 nitrogen and oxygen atoms in total. The zero-order valence-electron chi connectivity index (χ0n) is 53.4. The molecule has 0 heterocycles. The number of esters is 1. The number of amides is 1. The summed E-state index contributed by atoms with van der Waals surface area (Å²) in [6.07, 6.45) is 88.0. The Morgan fingerprint density at radius 1 is 0.342 bits per heavy atom. The fourth-order valence-corrected chi connectivity index (χ4v) is 11.1. The number of unbranched alkanes of at least 4 members (excludes halogenated alkanes) is 52. The van der Waals surface area contributed by atoms with Gasteiger partial charge in [-0.1, -0.05) is 339 Å². The van der Waals surface area contributed by atoms with Crippen LogP contribution in [0.5, 0.6) is 0 Å². The van der Waals surface area contributed by atoms with Gasteiger partial charge in [0.25, 0.3) is 0 Å². The van der Waals surface area contributed by atoms with Crippen LogP contribution in [-0.2, 0) is 14.3 Å². The van der Waals surface area contributed by atoms with E-state index in [0.717, 1.165) is 44.9 Å². The number of ether oxygens (including phenoxy) is 1. The number of aliphatic hydroxyl groups is 2. The highest BCUT2D eigenvalue weighted by molar-refractivity contribution is 5.76. The third-order valence-electron chi connectivity index (χ3n) is 16.6. The summed E-state index contributed by atoms with van der Waals surface area (Å²) in [5, 5.41) is 23.3. The number of hydrogen-bond acceptors (Lipinski definition) is 5. The van der Waals surface area contributed by atoms with Crippen molar-refractivity contribution in [3.05, 3.63) is 36.5 Å². The molecule has 0 aromatic rings. The van der Waals surface area contributed by atoms with E-state index in [4.69, 9.17) is 4.74 Å². The molecular weight excluding hydrogens is 971 g/mol. The smallest absolute Gasteiger partial charge is 0.305 e. The van der Waals surface area contributed by atoms with Crippen LogP contribution in [0.15, 0.2) is 36.5 Å². The van der Waals surface area contributed by atoms with Crippen molar-refractivity contribution >= 4 is 11.9 Å². The number of hydrogen-bond donors (Lipinski definition) is 3. The highest BCUT2D eigenvalue weighted by Gasteiger charge is 2.18. The maximum Gasteiger partial charge on any atom is 0.305 e. The van der Waals surface area contributed by atoms with Gasteiger partial charge in [-0.15, -0.1) is 0 Å². The van der Waals surface area contributed by atoms with E-state index in [1.54, 1.807) is 6.08 Å². The van der Waals surface area contributed by atoms with Crippen molar-refractivity contribution in [1.82, 2.24) is 5.32 Å². The second kappa shape index (κ2) is 68.6. The molecule has 0 rings (SSSR count). The Morgan fingerprint density at radius 3 is 0.937 bits per heavy atom. The van der Waals surface area contributed by atoms with E-state index in [0.29, 0.717) is 19.4 Å². The summed E-state index contributed by atoms with van der Waals surface area (Å²) in [6.45, 7) is 4.90. The fourth-order valence-electron chi connectivity index (χ4n) is 11.1. The molecule has 3 N–H and O–H groups in total. The van der Waals surface area contributed by atoms with Gasteiger partial charge in [-0.2, -0.15) is 0 Å². The van der Waals surface area contributed by atoms with Crippen molar-refractivity contribution in [1.29, 1.82) is 0 Å². The van der Waals surface area contributed by atoms with Gasteiger partial charge in [0.2, 0.25) is 5.91 Å². The van der Waals surface area contributed by atoms with Crippen molar-refractivity contribution in [3.63, 3.8) is 0 Å². The second-order valence-corrected chi connectivity index (χ2v) is 24.6. The molecule has 0 spiro atoms. The SMILES string of the molecule is CCCC/C=C\CCCCCCCC(=O)OCCCCCCCCCCCCCC/C=C\CCCCCCCCCCCCC(=O)NC(CO)C(O)/C=C/CCCCCCCCCCCCCCCCCCCCCCCCC. The third-order valence-corrected chi connectivity index (χ3v) is 16.6. The van der Waals surface area contributed by atoms with Gasteiger partial charge in [0.15, 0.2) is 0 Å². The summed E-state index contributed by atoms with van der Waals surface area (Å²) in [6, 6.07) is -0.631. The number of rotatable bonds is 67. The van der Waals surface area contributed by atoms with Gasteiger partial charge < -0.3 is 20.3 Å². The number of nitrogens with one attached hydrogen (secondary N) is 1. The van der Waals surface area contributed by atoms with Crippen LogP contribution >= 0.6 is 0 Å². The lowest BCUT2D eigenvalue weighted by atomic mass is 10.0. The summed E-state index contributed by atoms with van der Waals surface area (Å²) in [5.41, 5.74) is 0. The van der Waals surface area contributed by atoms with Crippen LogP contribution in [0, 0.1) is 0 Å². The van der Waals surface area contributed by atoms with Gasteiger partial charge in [0.1, 0.15) is 0 Å². The Balaban J connectivity index is 3.43. The molecule has 0 aliphatic heterocycles. The molecule has 0 saturated heterocycles. The van der Waals surface area contributed by atoms with Gasteiger partial charge in [-0.3, -0.25) is 9.59 Å². The Morgan fingerprint density at radius 2 is 0.608 bits per heavy atom. The summed E-state index contributed by atoms with van der Waals surface area (Å²) in [5.74, 6) is -0.0625. The highest BCUT2D eigenvalue weighted by Crippen LogP contribution is 2.18. The van der Waals surface area contributed by atoms with E-state index in [1.165, 1.54) is 321 Å². The first-order valence-corrected chi connectivity index (χ1v) is 35.8. The molecule has 6 heteroatoms. The molecule has 466 valence electrons. The largest absolute Gasteiger partial charge is 0.466 e. The molecule has 0 aromatic carbocycles. The Kier molecular flexibility index (Phi) is 66.9. The normalized spacial score (nSPS) is 12.7. The lowest BCUT2D eigenvalue weighted by Gasteiger charge is -2.20. The van der Waals surface area contributed by atoms with E-state index < -0.39 is 12.1 Å². The summed E-state index contributed by atoms with van der Waals surface area (Å²) in [4.78, 5) is 24.5. The van der Waals surface area contributed by atoms with Gasteiger partial charge in [0, 0.05) is 12.8 Å². The molecule has 0 fully saturated rings. The number of allylic oxidation sites excluding steroid dienone is 5. The van der Waals surface area contributed by atoms with E-state index in [1.807, 2.05) is 6.08 Å². The fraction of sp³-hybridized carbons (Fsp3) is 0.890. The molecular formula is C73H139NO5. The zero-order valence-corrected chi connectivity index (χ0v) is 53.4. The molecule has 0 aromatic heterocycles. The predicted molar refractivity (Wildman–Crippen MR) is 347 cm³/mol. The van der Waals surface area contributed by atoms with Crippen LogP contribution in [0.2, 0.25) is 0 Å². The van der Waals surface area contributed by atoms with Crippen molar-refractivity contribution in [2.24, 2.45) is 0 Å². The molecule has 1 amide bonds. The highest BCUT2D eigenvalue weighted by atomic mass is 16.5. The minimum atomic E-state index is -0.848. The van der Waals surface area contributed by atoms with Crippen molar-refractivity contribution in [2.45, 2.75) is 405 Å². The Hall–Kier alpha value is -1.92. The van der Waals surface area contributed by atoms with E-state index in [-0.39, 0.29) is 18.5 Å². The quantitative estimate of drug-likeness (QED) is 0.0320. The second-order valence-electron chi connectivity index (χ2n) is 24.6. The first-order valence-electron chi connectivity index (χ1n) is 35.8. The summed E-state index contributed by atoms with van der Waals surface area (Å²) < 4.78 is 5.46. The van der Waals surface area contributed by atoms with Crippen LogP contribution < -0.4 is 5.32 Å². The molecule has 0 aliphatic rings. The predicted octanol–water partition coefficient (Wildman–Crippen LogP) is 23.1. The topological polar surface area (TPSA) is 95.9 Å². The third kappa shape index (κ3) is 65.1. The minimum Gasteiger partial charge on any atom is -0.466 e. The Labute approximate surface area is 494 Å². The molecule has 0 saturated carbocycles. The lowest BCUT2D eigenvalue weighted by Crippen LogP contribution is -2.45. The Bertz CT molecular complexity index is 1280. The van der Waals surface area contributed by atoms with Crippen molar-refractivity contribution in [3.8, 4) is 0 Å². The van der Waals surface area contributed by atoms with E-state index in [9.17, 15) is 19.8 Å². The van der Waals surface area contributed by atoms with Crippen LogP contribution in [0.3, 0.4) is 0 Å². The van der Waals surface area contributed by atoms with Crippen molar-refractivity contribution in [2.75, 3.05) is 13.2 Å². The summed E-state index contributed by atoms with van der Waals surface area (Å²) >= 11 is 0. The molecule has 2 unspecified atom stereocenters. The van der Waals surface area contributed by atoms with Gasteiger partial charge in [0.05, 0.1) is 25.4 Å².